The first kappa shape index (κ1) is 18.4. The van der Waals surface area contributed by atoms with E-state index in [0.29, 0.717) is 50.4 Å². The van der Waals surface area contributed by atoms with Crippen LogP contribution in [0.3, 0.4) is 0 Å². The molecule has 0 bridgehead atoms. The number of nitrogens with one attached hydrogen (secondary N) is 1. The summed E-state index contributed by atoms with van der Waals surface area (Å²) < 4.78 is 5.25. The lowest BCUT2D eigenvalue weighted by Crippen LogP contribution is -2.40. The van der Waals surface area contributed by atoms with Gasteiger partial charge in [-0.3, -0.25) is 14.4 Å². The number of nitrogens with zero attached hydrogens (tertiary/aromatic N) is 1. The highest BCUT2D eigenvalue weighted by molar-refractivity contribution is 5.97. The van der Waals surface area contributed by atoms with Crippen LogP contribution in [0.25, 0.3) is 0 Å². The van der Waals surface area contributed by atoms with Crippen molar-refractivity contribution in [3.63, 3.8) is 0 Å². The number of hydrogen-bond donors (Lipinski definition) is 2. The minimum Gasteiger partial charge on any atom is -0.481 e. The van der Waals surface area contributed by atoms with Crippen LogP contribution in [0.2, 0.25) is 0 Å². The number of hydrogen-bond acceptors (Lipinski definition) is 4. The van der Waals surface area contributed by atoms with E-state index < -0.39 is 17.8 Å². The van der Waals surface area contributed by atoms with Crippen LogP contribution in [0.15, 0.2) is 24.3 Å². The summed E-state index contributed by atoms with van der Waals surface area (Å²) >= 11 is 0. The molecule has 140 valence electrons. The Kier molecular flexibility index (Phi) is 5.88. The Balaban J connectivity index is 1.62. The first-order valence-electron chi connectivity index (χ1n) is 9.07. The molecule has 0 spiro atoms. The number of morpholine rings is 1. The molecule has 1 heterocycles. The zero-order valence-corrected chi connectivity index (χ0v) is 14.6. The van der Waals surface area contributed by atoms with Gasteiger partial charge >= 0.3 is 5.97 Å². The van der Waals surface area contributed by atoms with Gasteiger partial charge in [0.2, 0.25) is 5.91 Å². The van der Waals surface area contributed by atoms with Crippen LogP contribution in [-0.4, -0.2) is 54.1 Å². The number of rotatable bonds is 4. The Hall–Kier alpha value is -2.41. The molecule has 1 aromatic carbocycles. The average Bonchev–Trinajstić information content (AvgIpc) is 2.68. The number of aliphatic carboxylic acids is 1. The van der Waals surface area contributed by atoms with Gasteiger partial charge in [-0.1, -0.05) is 12.8 Å². The molecule has 0 unspecified atom stereocenters. The monoisotopic (exact) mass is 360 g/mol. The molecule has 1 saturated carbocycles. The number of carboxylic acid groups (broad SMARTS) is 1. The van der Waals surface area contributed by atoms with Gasteiger partial charge in [0.25, 0.3) is 5.91 Å². The fraction of sp³-hybridized carbons (Fsp3) is 0.526. The van der Waals surface area contributed by atoms with Gasteiger partial charge in [0.15, 0.2) is 0 Å². The third-order valence-corrected chi connectivity index (χ3v) is 5.12. The summed E-state index contributed by atoms with van der Waals surface area (Å²) in [5.74, 6) is -2.34. The molecule has 3 rings (SSSR count). The maximum Gasteiger partial charge on any atom is 0.307 e. The van der Waals surface area contributed by atoms with Crippen molar-refractivity contribution in [2.24, 2.45) is 11.8 Å². The molecule has 7 nitrogen and oxygen atoms in total. The number of anilines is 1. The first-order valence-corrected chi connectivity index (χ1v) is 9.07. The number of amides is 2. The molecule has 1 saturated heterocycles. The van der Waals surface area contributed by atoms with Gasteiger partial charge in [-0.15, -0.1) is 0 Å². The van der Waals surface area contributed by atoms with Crippen LogP contribution in [0, 0.1) is 11.8 Å². The molecule has 7 heteroatoms. The Morgan fingerprint density at radius 2 is 1.62 bits per heavy atom. The van der Waals surface area contributed by atoms with Gasteiger partial charge in [0.1, 0.15) is 0 Å². The van der Waals surface area contributed by atoms with E-state index in [1.807, 2.05) is 0 Å². The van der Waals surface area contributed by atoms with Crippen LogP contribution in [0.5, 0.6) is 0 Å². The molecule has 2 N–H and O–H groups in total. The van der Waals surface area contributed by atoms with E-state index in [-0.39, 0.29) is 11.8 Å². The highest BCUT2D eigenvalue weighted by Crippen LogP contribution is 2.31. The van der Waals surface area contributed by atoms with E-state index in [9.17, 15) is 19.5 Å². The molecule has 2 amide bonds. The lowest BCUT2D eigenvalue weighted by atomic mass is 9.78. The Morgan fingerprint density at radius 3 is 2.23 bits per heavy atom. The van der Waals surface area contributed by atoms with Crippen LogP contribution >= 0.6 is 0 Å². The number of ether oxygens (including phenoxy) is 1. The number of benzene rings is 1. The Morgan fingerprint density at radius 1 is 1.00 bits per heavy atom. The fourth-order valence-electron chi connectivity index (χ4n) is 3.62. The predicted octanol–water partition coefficient (Wildman–Crippen LogP) is 1.99. The largest absolute Gasteiger partial charge is 0.481 e. The third kappa shape index (κ3) is 4.22. The first-order chi connectivity index (χ1) is 12.6. The van der Waals surface area contributed by atoms with Crippen molar-refractivity contribution in [1.82, 2.24) is 4.90 Å². The second kappa shape index (κ2) is 8.31. The number of carbonyl (C=O) groups excluding carboxylic acids is 2. The molecule has 1 aromatic rings. The van der Waals surface area contributed by atoms with E-state index in [0.717, 1.165) is 12.8 Å². The Bertz CT molecular complexity index is 667. The van der Waals surface area contributed by atoms with Crippen LogP contribution in [-0.2, 0) is 14.3 Å². The summed E-state index contributed by atoms with van der Waals surface area (Å²) in [6, 6.07) is 6.74. The SMILES string of the molecule is O=C(O)[C@H]1CCCC[C@@H]1C(=O)Nc1ccc(C(=O)N2CCOCC2)cc1. The lowest BCUT2D eigenvalue weighted by Gasteiger charge is -2.27. The van der Waals surface area contributed by atoms with Crippen molar-refractivity contribution in [3.8, 4) is 0 Å². The highest BCUT2D eigenvalue weighted by atomic mass is 16.5. The van der Waals surface area contributed by atoms with Crippen molar-refractivity contribution in [3.05, 3.63) is 29.8 Å². The van der Waals surface area contributed by atoms with Crippen LogP contribution in [0.4, 0.5) is 5.69 Å². The third-order valence-electron chi connectivity index (χ3n) is 5.12. The van der Waals surface area contributed by atoms with Crippen molar-refractivity contribution < 1.29 is 24.2 Å². The standard InChI is InChI=1S/C19H24N2O5/c22-17(15-3-1-2-4-16(15)19(24)25)20-14-7-5-13(6-8-14)18(23)21-9-11-26-12-10-21/h5-8,15-16H,1-4,9-12H2,(H,20,22)(H,24,25)/t15-,16-/m0/s1. The maximum absolute atomic E-state index is 12.5. The zero-order valence-electron chi connectivity index (χ0n) is 14.6. The topological polar surface area (TPSA) is 95.9 Å². The van der Waals surface area contributed by atoms with E-state index in [2.05, 4.69) is 5.32 Å². The molecule has 2 atom stereocenters. The second-order valence-corrected chi connectivity index (χ2v) is 6.81. The molecule has 26 heavy (non-hydrogen) atoms. The summed E-state index contributed by atoms with van der Waals surface area (Å²) in [6.07, 6.45) is 2.85. The average molecular weight is 360 g/mol. The minimum atomic E-state index is -0.906. The number of carbonyl (C=O) groups is 3. The van der Waals surface area contributed by atoms with E-state index in [1.165, 1.54) is 0 Å². The molecule has 1 aliphatic heterocycles. The molecule has 2 fully saturated rings. The van der Waals surface area contributed by atoms with Gasteiger partial charge in [-0.25, -0.2) is 0 Å². The van der Waals surface area contributed by atoms with Gasteiger partial charge < -0.3 is 20.1 Å². The van der Waals surface area contributed by atoms with Gasteiger partial charge in [-0.05, 0) is 37.1 Å². The van der Waals surface area contributed by atoms with Crippen LogP contribution < -0.4 is 5.32 Å². The molecular weight excluding hydrogens is 336 g/mol. The Labute approximate surface area is 152 Å². The summed E-state index contributed by atoms with van der Waals surface area (Å²) in [5.41, 5.74) is 1.13. The highest BCUT2D eigenvalue weighted by Gasteiger charge is 2.35. The molecule has 2 aliphatic rings. The van der Waals surface area contributed by atoms with Gasteiger partial charge in [0.05, 0.1) is 25.0 Å². The summed E-state index contributed by atoms with van der Waals surface area (Å²) in [7, 11) is 0. The smallest absolute Gasteiger partial charge is 0.307 e. The molecule has 1 aliphatic carbocycles. The second-order valence-electron chi connectivity index (χ2n) is 6.81. The van der Waals surface area contributed by atoms with Crippen molar-refractivity contribution in [1.29, 1.82) is 0 Å². The molecule has 0 radical (unpaired) electrons. The summed E-state index contributed by atoms with van der Waals surface area (Å²) in [6.45, 7) is 2.25. The predicted molar refractivity (Wildman–Crippen MR) is 94.9 cm³/mol. The van der Waals surface area contributed by atoms with E-state index in [1.54, 1.807) is 29.2 Å². The summed E-state index contributed by atoms with van der Waals surface area (Å²) in [5, 5.41) is 12.1. The normalized spacial score (nSPS) is 23.3. The van der Waals surface area contributed by atoms with Crippen molar-refractivity contribution in [2.75, 3.05) is 31.6 Å². The van der Waals surface area contributed by atoms with E-state index in [4.69, 9.17) is 4.74 Å². The van der Waals surface area contributed by atoms with Gasteiger partial charge in [-0.2, -0.15) is 0 Å². The van der Waals surface area contributed by atoms with Crippen LogP contribution in [0.1, 0.15) is 36.0 Å². The minimum absolute atomic E-state index is 0.0515. The zero-order chi connectivity index (χ0) is 18.5. The van der Waals surface area contributed by atoms with Gasteiger partial charge in [0, 0.05) is 24.3 Å². The number of carboxylic acids is 1. The van der Waals surface area contributed by atoms with E-state index >= 15 is 0 Å². The molecular formula is C19H24N2O5. The summed E-state index contributed by atoms with van der Waals surface area (Å²) in [4.78, 5) is 38.0. The van der Waals surface area contributed by atoms with Crippen molar-refractivity contribution in [2.45, 2.75) is 25.7 Å². The molecule has 0 aromatic heterocycles. The lowest BCUT2D eigenvalue weighted by molar-refractivity contribution is -0.147. The fourth-order valence-corrected chi connectivity index (χ4v) is 3.62. The quantitative estimate of drug-likeness (QED) is 0.856. The maximum atomic E-state index is 12.5. The van der Waals surface area contributed by atoms with Crippen molar-refractivity contribution >= 4 is 23.5 Å².